The average molecular weight is 287 g/mol. The van der Waals surface area contributed by atoms with Crippen molar-refractivity contribution in [2.24, 2.45) is 0 Å². The minimum Gasteiger partial charge on any atom is -0.376 e. The fourth-order valence-electron chi connectivity index (χ4n) is 2.11. The molecular weight excluding hydrogens is 270 g/mol. The van der Waals surface area contributed by atoms with Crippen molar-refractivity contribution >= 4 is 17.5 Å². The van der Waals surface area contributed by atoms with E-state index in [1.165, 1.54) is 0 Å². The zero-order valence-electron chi connectivity index (χ0n) is 11.6. The van der Waals surface area contributed by atoms with Crippen molar-refractivity contribution in [1.82, 2.24) is 5.32 Å². The van der Waals surface area contributed by atoms with Crippen LogP contribution < -0.4 is 10.6 Å². The van der Waals surface area contributed by atoms with E-state index in [1.54, 1.807) is 24.3 Å². The van der Waals surface area contributed by atoms with Crippen LogP contribution in [0.2, 0.25) is 0 Å². The maximum Gasteiger partial charge on any atom is 0.233 e. The van der Waals surface area contributed by atoms with Crippen molar-refractivity contribution in [3.63, 3.8) is 0 Å². The van der Waals surface area contributed by atoms with Gasteiger partial charge in [-0.25, -0.2) is 0 Å². The predicted molar refractivity (Wildman–Crippen MR) is 76.4 cm³/mol. The molecule has 6 nitrogen and oxygen atoms in total. The van der Waals surface area contributed by atoms with Gasteiger partial charge in [0.25, 0.3) is 0 Å². The van der Waals surface area contributed by atoms with E-state index in [-0.39, 0.29) is 18.4 Å². The third-order valence-corrected chi connectivity index (χ3v) is 3.15. The molecule has 0 saturated carbocycles. The third-order valence-electron chi connectivity index (χ3n) is 3.15. The highest BCUT2D eigenvalue weighted by molar-refractivity contribution is 6.03. The number of hydrogen-bond acceptors (Lipinski definition) is 4. The summed E-state index contributed by atoms with van der Waals surface area (Å²) in [5, 5.41) is 14.1. The summed E-state index contributed by atoms with van der Waals surface area (Å²) in [4.78, 5) is 23.4. The van der Waals surface area contributed by atoms with Crippen LogP contribution in [0.25, 0.3) is 0 Å². The van der Waals surface area contributed by atoms with E-state index in [1.807, 2.05) is 6.07 Å². The van der Waals surface area contributed by atoms with Gasteiger partial charge in [0, 0.05) is 18.8 Å². The van der Waals surface area contributed by atoms with Crippen LogP contribution in [0.15, 0.2) is 24.3 Å². The second-order valence-corrected chi connectivity index (χ2v) is 4.86. The van der Waals surface area contributed by atoms with E-state index in [0.29, 0.717) is 17.8 Å². The van der Waals surface area contributed by atoms with Crippen molar-refractivity contribution < 1.29 is 14.3 Å². The third kappa shape index (κ3) is 4.89. The molecule has 2 rings (SSSR count). The highest BCUT2D eigenvalue weighted by atomic mass is 16.5. The second kappa shape index (κ2) is 7.41. The molecule has 0 radical (unpaired) electrons. The molecule has 1 aliphatic heterocycles. The standard InChI is InChI=1S/C15H17N3O3/c16-9-11-3-1-4-12(7-11)18-15(20)8-14(19)17-10-13-5-2-6-21-13/h1,3-4,7,13H,2,5-6,8,10H2,(H,17,19)(H,18,20). The van der Waals surface area contributed by atoms with Crippen molar-refractivity contribution in [3.05, 3.63) is 29.8 Å². The normalized spacial score (nSPS) is 17.0. The molecular formula is C15H17N3O3. The molecule has 1 aromatic carbocycles. The van der Waals surface area contributed by atoms with Crippen LogP contribution in [0.4, 0.5) is 5.69 Å². The summed E-state index contributed by atoms with van der Waals surface area (Å²) in [5.74, 6) is -0.741. The monoisotopic (exact) mass is 287 g/mol. The van der Waals surface area contributed by atoms with E-state index in [4.69, 9.17) is 10.00 Å². The summed E-state index contributed by atoms with van der Waals surface area (Å²) in [6.45, 7) is 1.17. The minimum atomic E-state index is -0.407. The van der Waals surface area contributed by atoms with E-state index in [0.717, 1.165) is 19.4 Å². The van der Waals surface area contributed by atoms with Gasteiger partial charge in [-0.2, -0.15) is 5.26 Å². The molecule has 1 fully saturated rings. The number of benzene rings is 1. The number of amides is 2. The first-order valence-corrected chi connectivity index (χ1v) is 6.85. The highest BCUT2D eigenvalue weighted by Gasteiger charge is 2.17. The number of ether oxygens (including phenoxy) is 1. The van der Waals surface area contributed by atoms with Gasteiger partial charge < -0.3 is 15.4 Å². The summed E-state index contributed by atoms with van der Waals surface area (Å²) < 4.78 is 5.38. The number of nitrogens with one attached hydrogen (secondary N) is 2. The van der Waals surface area contributed by atoms with E-state index >= 15 is 0 Å². The van der Waals surface area contributed by atoms with Gasteiger partial charge in [-0.15, -0.1) is 0 Å². The number of nitriles is 1. The number of carbonyl (C=O) groups is 2. The smallest absolute Gasteiger partial charge is 0.233 e. The maximum atomic E-state index is 11.7. The SMILES string of the molecule is N#Cc1cccc(NC(=O)CC(=O)NCC2CCCO2)c1. The van der Waals surface area contributed by atoms with Crippen LogP contribution >= 0.6 is 0 Å². The molecule has 1 saturated heterocycles. The van der Waals surface area contributed by atoms with Crippen LogP contribution in [-0.2, 0) is 14.3 Å². The first-order chi connectivity index (χ1) is 10.2. The first-order valence-electron chi connectivity index (χ1n) is 6.85. The Kier molecular flexibility index (Phi) is 5.29. The highest BCUT2D eigenvalue weighted by Crippen LogP contribution is 2.11. The second-order valence-electron chi connectivity index (χ2n) is 4.86. The Labute approximate surface area is 123 Å². The molecule has 1 aromatic rings. The van der Waals surface area contributed by atoms with Crippen LogP contribution in [0.3, 0.4) is 0 Å². The van der Waals surface area contributed by atoms with Crippen LogP contribution in [0.1, 0.15) is 24.8 Å². The molecule has 21 heavy (non-hydrogen) atoms. The lowest BCUT2D eigenvalue weighted by atomic mass is 10.2. The zero-order valence-corrected chi connectivity index (χ0v) is 11.6. The Morgan fingerprint density at radius 2 is 2.24 bits per heavy atom. The van der Waals surface area contributed by atoms with E-state index in [9.17, 15) is 9.59 Å². The van der Waals surface area contributed by atoms with Gasteiger partial charge in [0.1, 0.15) is 6.42 Å². The van der Waals surface area contributed by atoms with Gasteiger partial charge in [0.2, 0.25) is 11.8 Å². The largest absolute Gasteiger partial charge is 0.376 e. The molecule has 2 N–H and O–H groups in total. The van der Waals surface area contributed by atoms with E-state index in [2.05, 4.69) is 10.6 Å². The molecule has 0 bridgehead atoms. The van der Waals surface area contributed by atoms with Crippen molar-refractivity contribution in [2.45, 2.75) is 25.4 Å². The summed E-state index contributed by atoms with van der Waals surface area (Å²) in [5.41, 5.74) is 0.960. The van der Waals surface area contributed by atoms with Gasteiger partial charge in [-0.3, -0.25) is 9.59 Å². The fraction of sp³-hybridized carbons (Fsp3) is 0.400. The molecule has 0 aromatic heterocycles. The van der Waals surface area contributed by atoms with Gasteiger partial charge >= 0.3 is 0 Å². The minimum absolute atomic E-state index is 0.0596. The van der Waals surface area contributed by atoms with Crippen molar-refractivity contribution in [3.8, 4) is 6.07 Å². The van der Waals surface area contributed by atoms with Crippen LogP contribution in [0, 0.1) is 11.3 Å². The lowest BCUT2D eigenvalue weighted by Gasteiger charge is -2.10. The van der Waals surface area contributed by atoms with Crippen LogP contribution in [0.5, 0.6) is 0 Å². The summed E-state index contributed by atoms with van der Waals surface area (Å²) in [6, 6.07) is 8.53. The molecule has 1 heterocycles. The molecule has 6 heteroatoms. The lowest BCUT2D eigenvalue weighted by Crippen LogP contribution is -2.34. The number of nitrogens with zero attached hydrogens (tertiary/aromatic N) is 1. The van der Waals surface area contributed by atoms with Crippen molar-refractivity contribution in [1.29, 1.82) is 5.26 Å². The maximum absolute atomic E-state index is 11.7. The van der Waals surface area contributed by atoms with E-state index < -0.39 is 5.91 Å². The Balaban J connectivity index is 1.75. The average Bonchev–Trinajstić information content (AvgIpc) is 2.98. The molecule has 1 unspecified atom stereocenters. The molecule has 0 spiro atoms. The Hall–Kier alpha value is -2.39. The lowest BCUT2D eigenvalue weighted by molar-refractivity contribution is -0.127. The Morgan fingerprint density at radius 3 is 2.95 bits per heavy atom. The summed E-state index contributed by atoms with van der Waals surface area (Å²) in [6.07, 6.45) is 1.76. The van der Waals surface area contributed by atoms with Gasteiger partial charge in [-0.05, 0) is 31.0 Å². The van der Waals surface area contributed by atoms with Gasteiger partial charge in [-0.1, -0.05) is 6.07 Å². The first kappa shape index (κ1) is 15.0. The number of carbonyl (C=O) groups excluding carboxylic acids is 2. The predicted octanol–water partition coefficient (Wildman–Crippen LogP) is 1.18. The number of rotatable bonds is 5. The zero-order chi connectivity index (χ0) is 15.1. The molecule has 2 amide bonds. The Bertz CT molecular complexity index is 560. The molecule has 110 valence electrons. The quantitative estimate of drug-likeness (QED) is 0.796. The Morgan fingerprint density at radius 1 is 1.38 bits per heavy atom. The van der Waals surface area contributed by atoms with Gasteiger partial charge in [0.05, 0.1) is 17.7 Å². The molecule has 1 aliphatic rings. The number of anilines is 1. The molecule has 0 aliphatic carbocycles. The topological polar surface area (TPSA) is 91.2 Å². The molecule has 1 atom stereocenters. The fourth-order valence-corrected chi connectivity index (χ4v) is 2.11. The van der Waals surface area contributed by atoms with Gasteiger partial charge in [0.15, 0.2) is 0 Å². The van der Waals surface area contributed by atoms with Crippen LogP contribution in [-0.4, -0.2) is 31.1 Å². The summed E-state index contributed by atoms with van der Waals surface area (Å²) in [7, 11) is 0. The summed E-state index contributed by atoms with van der Waals surface area (Å²) >= 11 is 0. The number of hydrogen-bond donors (Lipinski definition) is 2. The van der Waals surface area contributed by atoms with Crippen molar-refractivity contribution in [2.75, 3.05) is 18.5 Å².